The molecular formula is C17H25BrO. The van der Waals surface area contributed by atoms with E-state index in [2.05, 4.69) is 54.0 Å². The number of alkyl halides is 1. The summed E-state index contributed by atoms with van der Waals surface area (Å²) in [4.78, 5) is 0.461. The van der Waals surface area contributed by atoms with E-state index in [4.69, 9.17) is 4.74 Å². The largest absolute Gasteiger partial charge is 0.378 e. The maximum Gasteiger partial charge on any atom is 0.0576 e. The van der Waals surface area contributed by atoms with Crippen LogP contribution in [0.4, 0.5) is 0 Å². The fourth-order valence-electron chi connectivity index (χ4n) is 2.64. The molecule has 0 N–H and O–H groups in total. The molecule has 1 aliphatic heterocycles. The van der Waals surface area contributed by atoms with Crippen LogP contribution in [0.15, 0.2) is 24.3 Å². The molecule has 0 saturated carbocycles. The maximum absolute atomic E-state index is 5.68. The van der Waals surface area contributed by atoms with Gasteiger partial charge in [0.25, 0.3) is 0 Å². The molecule has 2 rings (SSSR count). The lowest BCUT2D eigenvalue weighted by Gasteiger charge is -2.15. The highest BCUT2D eigenvalue weighted by Crippen LogP contribution is 2.31. The number of halogens is 1. The van der Waals surface area contributed by atoms with Crippen molar-refractivity contribution in [2.75, 3.05) is 6.61 Å². The summed E-state index contributed by atoms with van der Waals surface area (Å²) in [5.41, 5.74) is 2.84. The Labute approximate surface area is 125 Å². The summed E-state index contributed by atoms with van der Waals surface area (Å²) < 4.78 is 5.68. The monoisotopic (exact) mass is 324 g/mol. The van der Waals surface area contributed by atoms with Gasteiger partial charge in [0.2, 0.25) is 0 Å². The first kappa shape index (κ1) is 15.1. The highest BCUT2D eigenvalue weighted by atomic mass is 79.9. The summed E-state index contributed by atoms with van der Waals surface area (Å²) in [5.74, 6) is 0.662. The third kappa shape index (κ3) is 4.32. The van der Waals surface area contributed by atoms with E-state index in [9.17, 15) is 0 Å². The van der Waals surface area contributed by atoms with E-state index >= 15 is 0 Å². The summed E-state index contributed by atoms with van der Waals surface area (Å²) in [6.07, 6.45) is 6.51. The number of benzene rings is 1. The molecule has 0 aliphatic carbocycles. The molecule has 1 saturated heterocycles. The lowest BCUT2D eigenvalue weighted by molar-refractivity contribution is 0.102. The number of ether oxygens (including phenoxy) is 1. The van der Waals surface area contributed by atoms with Gasteiger partial charge in [-0.1, -0.05) is 54.0 Å². The van der Waals surface area contributed by atoms with Crippen LogP contribution in [0.1, 0.15) is 67.8 Å². The molecule has 1 fully saturated rings. The van der Waals surface area contributed by atoms with Crippen molar-refractivity contribution in [1.29, 1.82) is 0 Å². The SMILES string of the molecule is CCC(C)c1ccc(C(Br)CCC2CCCO2)cc1. The Morgan fingerprint density at radius 3 is 2.53 bits per heavy atom. The number of rotatable bonds is 6. The van der Waals surface area contributed by atoms with E-state index in [1.54, 1.807) is 0 Å². The van der Waals surface area contributed by atoms with Crippen LogP contribution in [0.5, 0.6) is 0 Å². The van der Waals surface area contributed by atoms with Gasteiger partial charge in [0.1, 0.15) is 0 Å². The van der Waals surface area contributed by atoms with Crippen LogP contribution in [0.2, 0.25) is 0 Å². The third-order valence-electron chi connectivity index (χ3n) is 4.25. The molecular weight excluding hydrogens is 300 g/mol. The van der Waals surface area contributed by atoms with Crippen LogP contribution in [-0.2, 0) is 4.74 Å². The predicted molar refractivity (Wildman–Crippen MR) is 85.0 cm³/mol. The lowest BCUT2D eigenvalue weighted by atomic mass is 9.96. The van der Waals surface area contributed by atoms with Gasteiger partial charge in [0, 0.05) is 11.4 Å². The van der Waals surface area contributed by atoms with Gasteiger partial charge in [0.05, 0.1) is 6.10 Å². The van der Waals surface area contributed by atoms with Crippen molar-refractivity contribution in [1.82, 2.24) is 0 Å². The van der Waals surface area contributed by atoms with Crippen LogP contribution >= 0.6 is 15.9 Å². The molecule has 0 spiro atoms. The minimum absolute atomic E-state index is 0.461. The Morgan fingerprint density at radius 1 is 1.26 bits per heavy atom. The molecule has 19 heavy (non-hydrogen) atoms. The summed E-state index contributed by atoms with van der Waals surface area (Å²) in [6.45, 7) is 5.49. The van der Waals surface area contributed by atoms with Gasteiger partial charge in [-0.2, -0.15) is 0 Å². The van der Waals surface area contributed by atoms with Crippen LogP contribution in [0, 0.1) is 0 Å². The number of hydrogen-bond donors (Lipinski definition) is 0. The second kappa shape index (κ2) is 7.44. The quantitative estimate of drug-likeness (QED) is 0.619. The highest BCUT2D eigenvalue weighted by Gasteiger charge is 2.17. The first-order valence-electron chi connectivity index (χ1n) is 7.56. The first-order chi connectivity index (χ1) is 9.20. The minimum atomic E-state index is 0.461. The Hall–Kier alpha value is -0.340. The van der Waals surface area contributed by atoms with E-state index in [0.29, 0.717) is 16.8 Å². The Bertz CT molecular complexity index is 367. The van der Waals surface area contributed by atoms with E-state index in [-0.39, 0.29) is 0 Å². The molecule has 0 radical (unpaired) electrons. The van der Waals surface area contributed by atoms with Gasteiger partial charge < -0.3 is 4.74 Å². The molecule has 2 heteroatoms. The highest BCUT2D eigenvalue weighted by molar-refractivity contribution is 9.09. The van der Waals surface area contributed by atoms with Crippen molar-refractivity contribution in [3.63, 3.8) is 0 Å². The van der Waals surface area contributed by atoms with Gasteiger partial charge in [-0.3, -0.25) is 0 Å². The van der Waals surface area contributed by atoms with Gasteiger partial charge in [-0.15, -0.1) is 0 Å². The zero-order valence-corrected chi connectivity index (χ0v) is 13.7. The lowest BCUT2D eigenvalue weighted by Crippen LogP contribution is -2.05. The second-order valence-corrected chi connectivity index (χ2v) is 6.76. The van der Waals surface area contributed by atoms with E-state index in [1.807, 2.05) is 0 Å². The summed E-state index contributed by atoms with van der Waals surface area (Å²) in [6, 6.07) is 9.11. The van der Waals surface area contributed by atoms with E-state index in [1.165, 1.54) is 36.8 Å². The smallest absolute Gasteiger partial charge is 0.0576 e. The van der Waals surface area contributed by atoms with Crippen LogP contribution in [-0.4, -0.2) is 12.7 Å². The summed E-state index contributed by atoms with van der Waals surface area (Å²) in [7, 11) is 0. The molecule has 3 unspecified atom stereocenters. The fraction of sp³-hybridized carbons (Fsp3) is 0.647. The standard InChI is InChI=1S/C17H25BrO/c1-3-13(2)14-6-8-15(9-7-14)17(18)11-10-16-5-4-12-19-16/h6-9,13,16-17H,3-5,10-12H2,1-2H3. The molecule has 0 aromatic heterocycles. The van der Waals surface area contributed by atoms with Gasteiger partial charge in [-0.25, -0.2) is 0 Å². The summed E-state index contributed by atoms with van der Waals surface area (Å²) >= 11 is 3.82. The average molecular weight is 325 g/mol. The zero-order chi connectivity index (χ0) is 13.7. The van der Waals surface area contributed by atoms with Crippen molar-refractivity contribution in [3.05, 3.63) is 35.4 Å². The minimum Gasteiger partial charge on any atom is -0.378 e. The summed E-state index contributed by atoms with van der Waals surface area (Å²) in [5, 5.41) is 0. The molecule has 106 valence electrons. The normalized spacial score (nSPS) is 22.4. The Morgan fingerprint density at radius 2 is 1.95 bits per heavy atom. The molecule has 1 aliphatic rings. The van der Waals surface area contributed by atoms with Gasteiger partial charge in [0.15, 0.2) is 0 Å². The van der Waals surface area contributed by atoms with E-state index in [0.717, 1.165) is 13.0 Å². The number of hydrogen-bond acceptors (Lipinski definition) is 1. The van der Waals surface area contributed by atoms with Crippen molar-refractivity contribution in [3.8, 4) is 0 Å². The Balaban J connectivity index is 1.86. The molecule has 1 aromatic rings. The fourth-order valence-corrected chi connectivity index (χ4v) is 3.21. The molecule has 1 nitrogen and oxygen atoms in total. The van der Waals surface area contributed by atoms with Crippen LogP contribution < -0.4 is 0 Å². The van der Waals surface area contributed by atoms with Crippen molar-refractivity contribution < 1.29 is 4.74 Å². The van der Waals surface area contributed by atoms with Crippen molar-refractivity contribution >= 4 is 15.9 Å². The molecule has 0 bridgehead atoms. The van der Waals surface area contributed by atoms with E-state index < -0.39 is 0 Å². The molecule has 3 atom stereocenters. The predicted octanol–water partition coefficient (Wildman–Crippen LogP) is 5.60. The maximum atomic E-state index is 5.68. The Kier molecular flexibility index (Phi) is 5.90. The average Bonchev–Trinajstić information content (AvgIpc) is 2.97. The van der Waals surface area contributed by atoms with Crippen LogP contribution in [0.3, 0.4) is 0 Å². The van der Waals surface area contributed by atoms with Gasteiger partial charge in [-0.05, 0) is 49.1 Å². The van der Waals surface area contributed by atoms with Crippen molar-refractivity contribution in [2.45, 2.75) is 62.8 Å². The molecule has 0 amide bonds. The molecule has 1 heterocycles. The first-order valence-corrected chi connectivity index (χ1v) is 8.47. The third-order valence-corrected chi connectivity index (χ3v) is 5.23. The topological polar surface area (TPSA) is 9.23 Å². The zero-order valence-electron chi connectivity index (χ0n) is 12.1. The van der Waals surface area contributed by atoms with Crippen molar-refractivity contribution in [2.24, 2.45) is 0 Å². The molecule has 1 aromatic carbocycles. The van der Waals surface area contributed by atoms with Gasteiger partial charge >= 0.3 is 0 Å². The van der Waals surface area contributed by atoms with Crippen LogP contribution in [0.25, 0.3) is 0 Å². The second-order valence-electron chi connectivity index (χ2n) is 5.66.